The lowest BCUT2D eigenvalue weighted by molar-refractivity contribution is -0.136. The van der Waals surface area contributed by atoms with Crippen molar-refractivity contribution >= 4 is 5.97 Å². The molecular formula is C22H23NO4. The number of carboxylic acids is 1. The summed E-state index contributed by atoms with van der Waals surface area (Å²) in [6.07, 6.45) is 0.543. The van der Waals surface area contributed by atoms with Crippen molar-refractivity contribution < 1.29 is 19.4 Å². The van der Waals surface area contributed by atoms with E-state index in [0.717, 1.165) is 34.1 Å². The smallest absolute Gasteiger partial charge is 0.303 e. The molecule has 0 aliphatic carbocycles. The van der Waals surface area contributed by atoms with Gasteiger partial charge in [-0.15, -0.1) is 0 Å². The van der Waals surface area contributed by atoms with Crippen LogP contribution in [0.3, 0.4) is 0 Å². The minimum atomic E-state index is -0.805. The first-order valence-electron chi connectivity index (χ1n) is 8.92. The quantitative estimate of drug-likeness (QED) is 0.635. The fourth-order valence-corrected chi connectivity index (χ4v) is 3.06. The number of nitrogens with zero attached hydrogens (tertiary/aromatic N) is 1. The zero-order valence-electron chi connectivity index (χ0n) is 15.5. The van der Waals surface area contributed by atoms with Crippen LogP contribution in [0.1, 0.15) is 19.0 Å². The van der Waals surface area contributed by atoms with Gasteiger partial charge in [-0.1, -0.05) is 0 Å². The summed E-state index contributed by atoms with van der Waals surface area (Å²) in [6, 6.07) is 19.7. The molecule has 5 heteroatoms. The third-order valence-corrected chi connectivity index (χ3v) is 4.35. The van der Waals surface area contributed by atoms with Gasteiger partial charge in [0.25, 0.3) is 0 Å². The van der Waals surface area contributed by atoms with Crippen molar-refractivity contribution in [1.29, 1.82) is 0 Å². The van der Waals surface area contributed by atoms with E-state index in [-0.39, 0.29) is 6.42 Å². The summed E-state index contributed by atoms with van der Waals surface area (Å²) in [5, 5.41) is 9.07. The lowest BCUT2D eigenvalue weighted by Gasteiger charge is -2.15. The summed E-state index contributed by atoms with van der Waals surface area (Å²) >= 11 is 0. The molecule has 2 aromatic carbocycles. The van der Waals surface area contributed by atoms with Crippen LogP contribution >= 0.6 is 0 Å². The van der Waals surface area contributed by atoms with E-state index in [9.17, 15) is 4.79 Å². The zero-order valence-corrected chi connectivity index (χ0v) is 15.5. The third kappa shape index (κ3) is 4.31. The molecule has 0 atom stereocenters. The molecule has 0 saturated carbocycles. The normalized spacial score (nSPS) is 10.6. The Morgan fingerprint density at radius 2 is 1.63 bits per heavy atom. The van der Waals surface area contributed by atoms with Crippen LogP contribution in [0.15, 0.2) is 60.7 Å². The molecule has 0 amide bonds. The molecular weight excluding hydrogens is 342 g/mol. The van der Waals surface area contributed by atoms with Crippen molar-refractivity contribution in [2.75, 3.05) is 13.7 Å². The van der Waals surface area contributed by atoms with Crippen LogP contribution in [0.25, 0.3) is 16.9 Å². The molecule has 0 aliphatic heterocycles. The minimum absolute atomic E-state index is 0.0864. The van der Waals surface area contributed by atoms with E-state index >= 15 is 0 Å². The summed E-state index contributed by atoms with van der Waals surface area (Å²) in [6.45, 7) is 2.56. The Morgan fingerprint density at radius 1 is 0.963 bits per heavy atom. The van der Waals surface area contributed by atoms with Crippen molar-refractivity contribution in [3.8, 4) is 28.4 Å². The first-order valence-corrected chi connectivity index (χ1v) is 8.92. The lowest BCUT2D eigenvalue weighted by atomic mass is 10.1. The highest BCUT2D eigenvalue weighted by Gasteiger charge is 2.13. The number of ether oxygens (including phenoxy) is 2. The van der Waals surface area contributed by atoms with Gasteiger partial charge in [-0.2, -0.15) is 0 Å². The SMILES string of the molecule is CCOc1ccc(-n2c(CCC(=O)O)ccc2-c2ccc(OC)cc2)cc1. The van der Waals surface area contributed by atoms with Crippen LogP contribution in [0.5, 0.6) is 11.5 Å². The number of carbonyl (C=O) groups is 1. The predicted molar refractivity (Wildman–Crippen MR) is 105 cm³/mol. The minimum Gasteiger partial charge on any atom is -0.497 e. The molecule has 0 bridgehead atoms. The highest BCUT2D eigenvalue weighted by molar-refractivity contribution is 5.68. The Morgan fingerprint density at radius 3 is 2.22 bits per heavy atom. The van der Waals surface area contributed by atoms with Crippen molar-refractivity contribution in [2.45, 2.75) is 19.8 Å². The van der Waals surface area contributed by atoms with E-state index < -0.39 is 5.97 Å². The Labute approximate surface area is 158 Å². The van der Waals surface area contributed by atoms with Crippen molar-refractivity contribution in [3.05, 3.63) is 66.4 Å². The predicted octanol–water partition coefficient (Wildman–Crippen LogP) is 4.57. The second-order valence-electron chi connectivity index (χ2n) is 6.09. The van der Waals surface area contributed by atoms with Gasteiger partial charge in [0.05, 0.1) is 25.8 Å². The lowest BCUT2D eigenvalue weighted by Crippen LogP contribution is -2.05. The summed E-state index contributed by atoms with van der Waals surface area (Å²) in [5.74, 6) is 0.802. The molecule has 0 aliphatic rings. The first kappa shape index (κ1) is 18.6. The molecule has 0 radical (unpaired) electrons. The van der Waals surface area contributed by atoms with Crippen LogP contribution in [-0.2, 0) is 11.2 Å². The fourth-order valence-electron chi connectivity index (χ4n) is 3.06. The maximum atomic E-state index is 11.0. The van der Waals surface area contributed by atoms with Gasteiger partial charge in [0.1, 0.15) is 11.5 Å². The molecule has 140 valence electrons. The molecule has 1 heterocycles. The zero-order chi connectivity index (χ0) is 19.2. The number of carboxylic acid groups (broad SMARTS) is 1. The number of hydrogen-bond donors (Lipinski definition) is 1. The number of aromatic nitrogens is 1. The highest BCUT2D eigenvalue weighted by atomic mass is 16.5. The molecule has 5 nitrogen and oxygen atoms in total. The number of hydrogen-bond acceptors (Lipinski definition) is 3. The molecule has 1 aromatic heterocycles. The Bertz CT molecular complexity index is 895. The van der Waals surface area contributed by atoms with Gasteiger partial charge < -0.3 is 19.1 Å². The molecule has 0 spiro atoms. The van der Waals surface area contributed by atoms with Gasteiger partial charge in [0.15, 0.2) is 0 Å². The van der Waals surface area contributed by atoms with Gasteiger partial charge in [-0.3, -0.25) is 4.79 Å². The van der Waals surface area contributed by atoms with Crippen molar-refractivity contribution in [1.82, 2.24) is 4.57 Å². The average molecular weight is 365 g/mol. The van der Waals surface area contributed by atoms with Crippen LogP contribution in [-0.4, -0.2) is 29.4 Å². The maximum Gasteiger partial charge on any atom is 0.303 e. The average Bonchev–Trinajstić information content (AvgIpc) is 3.11. The fraction of sp³-hybridized carbons (Fsp3) is 0.227. The summed E-state index contributed by atoms with van der Waals surface area (Å²) in [7, 11) is 1.64. The van der Waals surface area contributed by atoms with E-state index in [4.69, 9.17) is 14.6 Å². The number of aliphatic carboxylic acids is 1. The van der Waals surface area contributed by atoms with Gasteiger partial charge in [0, 0.05) is 11.4 Å². The van der Waals surface area contributed by atoms with Gasteiger partial charge in [0.2, 0.25) is 0 Å². The van der Waals surface area contributed by atoms with E-state index in [0.29, 0.717) is 13.0 Å². The Hall–Kier alpha value is -3.21. The van der Waals surface area contributed by atoms with Gasteiger partial charge in [-0.25, -0.2) is 0 Å². The van der Waals surface area contributed by atoms with E-state index in [1.807, 2.05) is 67.6 Å². The number of rotatable bonds is 8. The van der Waals surface area contributed by atoms with E-state index in [1.54, 1.807) is 7.11 Å². The number of aryl methyl sites for hydroxylation is 1. The standard InChI is InChI=1S/C22H23NO4/c1-3-27-20-12-6-17(7-13-20)23-18(9-15-22(24)25)8-14-21(23)16-4-10-19(26-2)11-5-16/h4-8,10-14H,3,9,15H2,1-2H3,(H,24,25). The van der Waals surface area contributed by atoms with Crippen LogP contribution < -0.4 is 9.47 Å². The molecule has 27 heavy (non-hydrogen) atoms. The number of methoxy groups -OCH3 is 1. The largest absolute Gasteiger partial charge is 0.497 e. The molecule has 0 saturated heterocycles. The van der Waals surface area contributed by atoms with Crippen molar-refractivity contribution in [3.63, 3.8) is 0 Å². The molecule has 3 rings (SSSR count). The highest BCUT2D eigenvalue weighted by Crippen LogP contribution is 2.29. The Kier molecular flexibility index (Phi) is 5.81. The van der Waals surface area contributed by atoms with Gasteiger partial charge in [-0.05, 0) is 79.6 Å². The van der Waals surface area contributed by atoms with E-state index in [2.05, 4.69) is 4.57 Å². The second-order valence-corrected chi connectivity index (χ2v) is 6.09. The summed E-state index contributed by atoms with van der Waals surface area (Å²) in [4.78, 5) is 11.0. The van der Waals surface area contributed by atoms with Crippen LogP contribution in [0.4, 0.5) is 0 Å². The first-order chi connectivity index (χ1) is 13.1. The van der Waals surface area contributed by atoms with E-state index in [1.165, 1.54) is 0 Å². The van der Waals surface area contributed by atoms with Crippen LogP contribution in [0, 0.1) is 0 Å². The number of benzene rings is 2. The third-order valence-electron chi connectivity index (χ3n) is 4.35. The molecule has 3 aromatic rings. The molecule has 0 fully saturated rings. The Balaban J connectivity index is 2.03. The second kappa shape index (κ2) is 8.45. The van der Waals surface area contributed by atoms with Crippen molar-refractivity contribution in [2.24, 2.45) is 0 Å². The maximum absolute atomic E-state index is 11.0. The summed E-state index contributed by atoms with van der Waals surface area (Å²) < 4.78 is 12.9. The van der Waals surface area contributed by atoms with Crippen LogP contribution in [0.2, 0.25) is 0 Å². The summed E-state index contributed by atoms with van der Waals surface area (Å²) in [5.41, 5.74) is 3.95. The monoisotopic (exact) mass is 365 g/mol. The van der Waals surface area contributed by atoms with Gasteiger partial charge >= 0.3 is 5.97 Å². The molecule has 1 N–H and O–H groups in total. The molecule has 0 unspecified atom stereocenters. The topological polar surface area (TPSA) is 60.7 Å².